The molecule has 4 rings (SSSR count). The van der Waals surface area contributed by atoms with Gasteiger partial charge < -0.3 is 0 Å². The van der Waals surface area contributed by atoms with E-state index in [0.29, 0.717) is 0 Å². The fraction of sp³-hybridized carbons (Fsp3) is 0.280. The zero-order valence-electron chi connectivity index (χ0n) is 16.1. The Balaban J connectivity index is 1.33. The van der Waals surface area contributed by atoms with Gasteiger partial charge >= 0.3 is 0 Å². The molecule has 3 aromatic carbocycles. The summed E-state index contributed by atoms with van der Waals surface area (Å²) >= 11 is 0. The van der Waals surface area contributed by atoms with Crippen molar-refractivity contribution in [2.75, 3.05) is 32.7 Å². The van der Waals surface area contributed by atoms with E-state index in [1.54, 1.807) is 0 Å². The van der Waals surface area contributed by atoms with Crippen molar-refractivity contribution in [3.8, 4) is 0 Å². The van der Waals surface area contributed by atoms with Crippen LogP contribution in [0.5, 0.6) is 0 Å². The minimum absolute atomic E-state index is 1.05. The lowest BCUT2D eigenvalue weighted by Crippen LogP contribution is -2.46. The molecule has 2 heteroatoms. The quantitative estimate of drug-likeness (QED) is 0.630. The Bertz CT molecular complexity index is 901. The predicted molar refractivity (Wildman–Crippen MR) is 116 cm³/mol. The van der Waals surface area contributed by atoms with E-state index < -0.39 is 0 Å². The summed E-state index contributed by atoms with van der Waals surface area (Å²) in [5, 5.41) is 2.74. The lowest BCUT2D eigenvalue weighted by molar-refractivity contribution is 0.135. The molecule has 0 radical (unpaired) electrons. The molecule has 0 aromatic heterocycles. The third-order valence-electron chi connectivity index (χ3n) is 5.42. The molecule has 138 valence electrons. The molecule has 0 atom stereocenters. The Morgan fingerprint density at radius 1 is 0.778 bits per heavy atom. The van der Waals surface area contributed by atoms with E-state index in [4.69, 9.17) is 0 Å². The average Bonchev–Trinajstić information content (AvgIpc) is 2.70. The van der Waals surface area contributed by atoms with Crippen molar-refractivity contribution in [3.63, 3.8) is 0 Å². The summed E-state index contributed by atoms with van der Waals surface area (Å²) < 4.78 is 0. The summed E-state index contributed by atoms with van der Waals surface area (Å²) in [5.74, 6) is 0. The minimum Gasteiger partial charge on any atom is -0.297 e. The summed E-state index contributed by atoms with van der Waals surface area (Å²) in [6.45, 7) is 8.93. The zero-order valence-corrected chi connectivity index (χ0v) is 16.1. The predicted octanol–water partition coefficient (Wildman–Crippen LogP) is 5.06. The minimum atomic E-state index is 1.05. The molecule has 1 heterocycles. The van der Waals surface area contributed by atoms with E-state index in [2.05, 4.69) is 95.6 Å². The van der Waals surface area contributed by atoms with E-state index in [1.165, 1.54) is 27.5 Å². The van der Waals surface area contributed by atoms with Crippen molar-refractivity contribution in [3.05, 3.63) is 89.5 Å². The maximum Gasteiger partial charge on any atom is 0.0240 e. The second kappa shape index (κ2) is 8.51. The van der Waals surface area contributed by atoms with Crippen molar-refractivity contribution in [2.24, 2.45) is 0 Å². The SMILES string of the molecule is CC(=Cc1ccccc1)CN1CCN(Cc2cccc3ccccc23)CC1. The molecular weight excluding hydrogens is 328 g/mol. The van der Waals surface area contributed by atoms with Gasteiger partial charge in [-0.05, 0) is 28.8 Å². The van der Waals surface area contributed by atoms with Gasteiger partial charge in [0.1, 0.15) is 0 Å². The second-order valence-corrected chi connectivity index (χ2v) is 7.59. The Morgan fingerprint density at radius 3 is 2.26 bits per heavy atom. The number of benzene rings is 3. The van der Waals surface area contributed by atoms with Gasteiger partial charge in [0.15, 0.2) is 0 Å². The van der Waals surface area contributed by atoms with E-state index in [-0.39, 0.29) is 0 Å². The normalized spacial score (nSPS) is 16.7. The maximum atomic E-state index is 2.59. The van der Waals surface area contributed by atoms with Crippen molar-refractivity contribution in [1.29, 1.82) is 0 Å². The average molecular weight is 357 g/mol. The Morgan fingerprint density at radius 2 is 1.44 bits per heavy atom. The molecule has 0 spiro atoms. The Hall–Kier alpha value is -2.42. The summed E-state index contributed by atoms with van der Waals surface area (Å²) in [6, 6.07) is 26.0. The first-order chi connectivity index (χ1) is 13.3. The number of nitrogens with zero attached hydrogens (tertiary/aromatic N) is 2. The molecule has 0 unspecified atom stereocenters. The molecule has 0 amide bonds. The number of piperazine rings is 1. The van der Waals surface area contributed by atoms with Crippen LogP contribution in [0, 0.1) is 0 Å². The van der Waals surface area contributed by atoms with Gasteiger partial charge in [-0.2, -0.15) is 0 Å². The van der Waals surface area contributed by atoms with Crippen LogP contribution in [0.1, 0.15) is 18.1 Å². The molecule has 3 aromatic rings. The number of hydrogen-bond donors (Lipinski definition) is 0. The van der Waals surface area contributed by atoms with Crippen LogP contribution in [0.15, 0.2) is 78.4 Å². The van der Waals surface area contributed by atoms with Crippen molar-refractivity contribution >= 4 is 16.8 Å². The van der Waals surface area contributed by atoms with Gasteiger partial charge in [0.25, 0.3) is 0 Å². The Labute approximate surface area is 162 Å². The van der Waals surface area contributed by atoms with Crippen molar-refractivity contribution < 1.29 is 0 Å². The smallest absolute Gasteiger partial charge is 0.0240 e. The lowest BCUT2D eigenvalue weighted by Gasteiger charge is -2.35. The molecule has 1 aliphatic heterocycles. The summed E-state index contributed by atoms with van der Waals surface area (Å²) in [6.07, 6.45) is 2.31. The molecule has 27 heavy (non-hydrogen) atoms. The third kappa shape index (κ3) is 4.65. The highest BCUT2D eigenvalue weighted by atomic mass is 15.3. The molecule has 0 saturated carbocycles. The maximum absolute atomic E-state index is 2.59. The van der Waals surface area contributed by atoms with Gasteiger partial charge in [0.2, 0.25) is 0 Å². The first-order valence-electron chi connectivity index (χ1n) is 9.91. The number of hydrogen-bond acceptors (Lipinski definition) is 2. The standard InChI is InChI=1S/C25H28N2/c1-21(18-22-8-3-2-4-9-22)19-26-14-16-27(17-15-26)20-24-12-7-11-23-10-5-6-13-25(23)24/h2-13,18H,14-17,19-20H2,1H3. The van der Waals surface area contributed by atoms with Crippen LogP contribution < -0.4 is 0 Å². The van der Waals surface area contributed by atoms with Crippen LogP contribution in [-0.2, 0) is 6.54 Å². The topological polar surface area (TPSA) is 6.48 Å². The third-order valence-corrected chi connectivity index (χ3v) is 5.42. The van der Waals surface area contributed by atoms with Gasteiger partial charge in [-0.3, -0.25) is 9.80 Å². The monoisotopic (exact) mass is 356 g/mol. The summed E-state index contributed by atoms with van der Waals surface area (Å²) in [7, 11) is 0. The summed E-state index contributed by atoms with van der Waals surface area (Å²) in [5.41, 5.74) is 4.18. The largest absolute Gasteiger partial charge is 0.297 e. The van der Waals surface area contributed by atoms with Crippen molar-refractivity contribution in [2.45, 2.75) is 13.5 Å². The molecule has 0 bridgehead atoms. The number of rotatable bonds is 5. The van der Waals surface area contributed by atoms with Gasteiger partial charge in [-0.25, -0.2) is 0 Å². The molecule has 1 fully saturated rings. The molecule has 0 N–H and O–H groups in total. The van der Waals surface area contributed by atoms with Crippen molar-refractivity contribution in [1.82, 2.24) is 9.80 Å². The van der Waals surface area contributed by atoms with E-state index in [9.17, 15) is 0 Å². The van der Waals surface area contributed by atoms with Crippen LogP contribution >= 0.6 is 0 Å². The molecule has 0 aliphatic carbocycles. The van der Waals surface area contributed by atoms with Crippen LogP contribution in [0.2, 0.25) is 0 Å². The highest BCUT2D eigenvalue weighted by molar-refractivity contribution is 5.85. The van der Waals surface area contributed by atoms with Crippen LogP contribution in [0.4, 0.5) is 0 Å². The fourth-order valence-corrected chi connectivity index (χ4v) is 4.01. The zero-order chi connectivity index (χ0) is 18.5. The first-order valence-corrected chi connectivity index (χ1v) is 9.91. The van der Waals surface area contributed by atoms with E-state index >= 15 is 0 Å². The molecular formula is C25H28N2. The fourth-order valence-electron chi connectivity index (χ4n) is 4.01. The lowest BCUT2D eigenvalue weighted by atomic mass is 10.0. The molecule has 1 aliphatic rings. The molecule has 2 nitrogen and oxygen atoms in total. The van der Waals surface area contributed by atoms with Crippen LogP contribution in [0.3, 0.4) is 0 Å². The van der Waals surface area contributed by atoms with Gasteiger partial charge in [-0.15, -0.1) is 0 Å². The Kier molecular flexibility index (Phi) is 5.66. The highest BCUT2D eigenvalue weighted by Crippen LogP contribution is 2.20. The van der Waals surface area contributed by atoms with Crippen LogP contribution in [-0.4, -0.2) is 42.5 Å². The van der Waals surface area contributed by atoms with Gasteiger partial charge in [0.05, 0.1) is 0 Å². The van der Waals surface area contributed by atoms with Gasteiger partial charge in [0, 0.05) is 39.3 Å². The number of fused-ring (bicyclic) bond motifs is 1. The summed E-state index contributed by atoms with van der Waals surface area (Å²) in [4.78, 5) is 5.17. The van der Waals surface area contributed by atoms with E-state index in [1.807, 2.05) is 0 Å². The highest BCUT2D eigenvalue weighted by Gasteiger charge is 2.17. The first kappa shape index (κ1) is 18.0. The van der Waals surface area contributed by atoms with E-state index in [0.717, 1.165) is 39.3 Å². The van der Waals surface area contributed by atoms with Crippen LogP contribution in [0.25, 0.3) is 16.8 Å². The second-order valence-electron chi connectivity index (χ2n) is 7.59. The van der Waals surface area contributed by atoms with Gasteiger partial charge in [-0.1, -0.05) is 84.4 Å². The molecule has 1 saturated heterocycles.